The summed E-state index contributed by atoms with van der Waals surface area (Å²) in [4.78, 5) is 12.7. The van der Waals surface area contributed by atoms with Crippen molar-refractivity contribution in [2.75, 3.05) is 18.5 Å². The molecule has 0 spiro atoms. The second-order valence-electron chi connectivity index (χ2n) is 5.94. The van der Waals surface area contributed by atoms with Gasteiger partial charge >= 0.3 is 0 Å². The number of amides is 1. The first kappa shape index (κ1) is 17.3. The highest BCUT2D eigenvalue weighted by Crippen LogP contribution is 2.42. The van der Waals surface area contributed by atoms with Crippen LogP contribution < -0.4 is 10.1 Å². The van der Waals surface area contributed by atoms with Crippen molar-refractivity contribution in [3.05, 3.63) is 23.8 Å². The van der Waals surface area contributed by atoms with Crippen LogP contribution in [0.4, 0.5) is 5.69 Å². The number of hydrogen-bond donors (Lipinski definition) is 1. The molecular formula is C18H24N2O3. The number of carbonyl (C=O) groups excluding carboxylic acids is 1. The molecule has 5 nitrogen and oxygen atoms in total. The molecule has 0 bridgehead atoms. The van der Waals surface area contributed by atoms with Gasteiger partial charge in [-0.3, -0.25) is 4.79 Å². The number of anilines is 1. The first-order valence-electron chi connectivity index (χ1n) is 8.17. The third kappa shape index (κ3) is 4.02. The van der Waals surface area contributed by atoms with Crippen LogP contribution in [0.5, 0.6) is 5.75 Å². The van der Waals surface area contributed by atoms with E-state index in [4.69, 9.17) is 9.47 Å². The zero-order valence-electron chi connectivity index (χ0n) is 14.0. The van der Waals surface area contributed by atoms with Gasteiger partial charge in [0.25, 0.3) is 5.91 Å². The topological polar surface area (TPSA) is 71.3 Å². The third-order valence-electron chi connectivity index (χ3n) is 4.08. The number of hydrogen-bond acceptors (Lipinski definition) is 4. The number of nitrogens with one attached hydrogen (secondary N) is 1. The molecule has 0 aromatic heterocycles. The van der Waals surface area contributed by atoms with Crippen molar-refractivity contribution < 1.29 is 14.3 Å². The molecule has 124 valence electrons. The van der Waals surface area contributed by atoms with Crippen molar-refractivity contribution in [1.29, 1.82) is 5.26 Å². The van der Waals surface area contributed by atoms with Crippen LogP contribution in [-0.2, 0) is 9.53 Å². The molecule has 1 aliphatic carbocycles. The lowest BCUT2D eigenvalue weighted by Gasteiger charge is -2.28. The predicted octanol–water partition coefficient (Wildman–Crippen LogP) is 3.49. The van der Waals surface area contributed by atoms with Gasteiger partial charge in [0.2, 0.25) is 0 Å². The Kier molecular flexibility index (Phi) is 5.62. The van der Waals surface area contributed by atoms with E-state index in [1.807, 2.05) is 20.8 Å². The Hall–Kier alpha value is -2.06. The summed E-state index contributed by atoms with van der Waals surface area (Å²) in [6.07, 6.45) is 2.89. The SMILES string of the molecule is CCCOc1ccc(NC(=O)C(C)(OCC)C2CC2)c(C#N)c1. The van der Waals surface area contributed by atoms with Crippen LogP contribution >= 0.6 is 0 Å². The van der Waals surface area contributed by atoms with E-state index in [-0.39, 0.29) is 11.8 Å². The Bertz CT molecular complexity index is 605. The second kappa shape index (κ2) is 7.47. The van der Waals surface area contributed by atoms with Crippen molar-refractivity contribution in [2.24, 2.45) is 5.92 Å². The molecule has 1 amide bonds. The van der Waals surface area contributed by atoms with Crippen LogP contribution in [0, 0.1) is 17.2 Å². The number of nitriles is 1. The highest BCUT2D eigenvalue weighted by molar-refractivity contribution is 5.98. The van der Waals surface area contributed by atoms with Gasteiger partial charge in [-0.15, -0.1) is 0 Å². The average molecular weight is 316 g/mol. The Morgan fingerprint density at radius 1 is 1.43 bits per heavy atom. The Morgan fingerprint density at radius 2 is 2.17 bits per heavy atom. The van der Waals surface area contributed by atoms with E-state index in [2.05, 4.69) is 11.4 Å². The van der Waals surface area contributed by atoms with Crippen LogP contribution in [0.25, 0.3) is 0 Å². The smallest absolute Gasteiger partial charge is 0.256 e. The van der Waals surface area contributed by atoms with E-state index in [1.165, 1.54) is 0 Å². The summed E-state index contributed by atoms with van der Waals surface area (Å²) in [6, 6.07) is 7.24. The van der Waals surface area contributed by atoms with E-state index < -0.39 is 5.60 Å². The third-order valence-corrected chi connectivity index (χ3v) is 4.08. The summed E-state index contributed by atoms with van der Waals surface area (Å²) in [5.74, 6) is 0.692. The minimum Gasteiger partial charge on any atom is -0.494 e. The van der Waals surface area contributed by atoms with Gasteiger partial charge in [-0.25, -0.2) is 0 Å². The van der Waals surface area contributed by atoms with Crippen LogP contribution in [0.2, 0.25) is 0 Å². The molecule has 1 aliphatic rings. The zero-order chi connectivity index (χ0) is 16.9. The van der Waals surface area contributed by atoms with Gasteiger partial charge in [0.05, 0.1) is 17.9 Å². The van der Waals surface area contributed by atoms with Crippen molar-refractivity contribution in [1.82, 2.24) is 0 Å². The summed E-state index contributed by atoms with van der Waals surface area (Å²) in [6.45, 7) is 6.81. The van der Waals surface area contributed by atoms with E-state index in [9.17, 15) is 10.1 Å². The summed E-state index contributed by atoms with van der Waals surface area (Å²) < 4.78 is 11.2. The Balaban J connectivity index is 2.15. The minimum absolute atomic E-state index is 0.194. The van der Waals surface area contributed by atoms with Gasteiger partial charge in [-0.05, 0) is 57.2 Å². The van der Waals surface area contributed by atoms with Crippen molar-refractivity contribution in [2.45, 2.75) is 45.6 Å². The first-order valence-corrected chi connectivity index (χ1v) is 8.17. The van der Waals surface area contributed by atoms with Gasteiger partial charge in [0.15, 0.2) is 0 Å². The maximum atomic E-state index is 12.7. The molecule has 1 aromatic rings. The normalized spacial score (nSPS) is 16.3. The fourth-order valence-corrected chi connectivity index (χ4v) is 2.58. The molecule has 1 atom stereocenters. The lowest BCUT2D eigenvalue weighted by molar-refractivity contribution is -0.141. The number of nitrogens with zero attached hydrogens (tertiary/aromatic N) is 1. The molecule has 0 heterocycles. The number of ether oxygens (including phenoxy) is 2. The van der Waals surface area contributed by atoms with Gasteiger partial charge in [0, 0.05) is 6.61 Å². The lowest BCUT2D eigenvalue weighted by atomic mass is 9.98. The Morgan fingerprint density at radius 3 is 2.74 bits per heavy atom. The maximum Gasteiger partial charge on any atom is 0.256 e. The quantitative estimate of drug-likeness (QED) is 0.797. The molecule has 23 heavy (non-hydrogen) atoms. The molecule has 1 N–H and O–H groups in total. The van der Waals surface area contributed by atoms with Crippen molar-refractivity contribution in [3.8, 4) is 11.8 Å². The summed E-state index contributed by atoms with van der Waals surface area (Å²) >= 11 is 0. The van der Waals surface area contributed by atoms with E-state index in [0.717, 1.165) is 19.3 Å². The van der Waals surface area contributed by atoms with E-state index in [1.54, 1.807) is 18.2 Å². The van der Waals surface area contributed by atoms with Crippen LogP contribution in [0.3, 0.4) is 0 Å². The monoisotopic (exact) mass is 316 g/mol. The van der Waals surface area contributed by atoms with Crippen LogP contribution in [0.15, 0.2) is 18.2 Å². The predicted molar refractivity (Wildman–Crippen MR) is 88.3 cm³/mol. The lowest BCUT2D eigenvalue weighted by Crippen LogP contribution is -2.45. The highest BCUT2D eigenvalue weighted by atomic mass is 16.5. The van der Waals surface area contributed by atoms with Crippen LogP contribution in [0.1, 0.15) is 45.6 Å². The molecule has 0 saturated heterocycles. The van der Waals surface area contributed by atoms with Crippen molar-refractivity contribution in [3.63, 3.8) is 0 Å². The Labute approximate surface area is 137 Å². The van der Waals surface area contributed by atoms with Crippen molar-refractivity contribution >= 4 is 11.6 Å². The molecule has 1 saturated carbocycles. The molecule has 1 unspecified atom stereocenters. The summed E-state index contributed by atoms with van der Waals surface area (Å²) in [7, 11) is 0. The largest absolute Gasteiger partial charge is 0.494 e. The molecule has 2 rings (SSSR count). The molecule has 1 fully saturated rings. The fraction of sp³-hybridized carbons (Fsp3) is 0.556. The summed E-state index contributed by atoms with van der Waals surface area (Å²) in [5, 5.41) is 12.2. The molecular weight excluding hydrogens is 292 g/mol. The standard InChI is InChI=1S/C18H24N2O3/c1-4-10-22-15-8-9-16(13(11-15)12-19)20-17(21)18(3,23-5-2)14-6-7-14/h8-9,11,14H,4-7,10H2,1-3H3,(H,20,21). The summed E-state index contributed by atoms with van der Waals surface area (Å²) in [5.41, 5.74) is 0.0494. The molecule has 1 aromatic carbocycles. The maximum absolute atomic E-state index is 12.7. The van der Waals surface area contributed by atoms with Gasteiger partial charge < -0.3 is 14.8 Å². The van der Waals surface area contributed by atoms with Gasteiger partial charge in [-0.2, -0.15) is 5.26 Å². The minimum atomic E-state index is -0.834. The zero-order valence-corrected chi connectivity index (χ0v) is 14.0. The van der Waals surface area contributed by atoms with E-state index >= 15 is 0 Å². The molecule has 0 radical (unpaired) electrons. The molecule has 0 aliphatic heterocycles. The first-order chi connectivity index (χ1) is 11.0. The average Bonchev–Trinajstić information content (AvgIpc) is 3.39. The number of benzene rings is 1. The molecule has 5 heteroatoms. The van der Waals surface area contributed by atoms with Gasteiger partial charge in [0.1, 0.15) is 17.4 Å². The second-order valence-corrected chi connectivity index (χ2v) is 5.94. The number of carbonyl (C=O) groups is 1. The highest BCUT2D eigenvalue weighted by Gasteiger charge is 2.48. The van der Waals surface area contributed by atoms with Crippen LogP contribution in [-0.4, -0.2) is 24.7 Å². The van der Waals surface area contributed by atoms with Gasteiger partial charge in [-0.1, -0.05) is 6.92 Å². The number of rotatable bonds is 8. The fourth-order valence-electron chi connectivity index (χ4n) is 2.58. The van der Waals surface area contributed by atoms with E-state index in [0.29, 0.717) is 30.2 Å².